The zero-order valence-corrected chi connectivity index (χ0v) is 10.4. The average molecular weight is 242 g/mol. The van der Waals surface area contributed by atoms with Gasteiger partial charge in [-0.05, 0) is 31.9 Å². The van der Waals surface area contributed by atoms with Crippen LogP contribution in [0.4, 0.5) is 5.95 Å². The summed E-state index contributed by atoms with van der Waals surface area (Å²) in [6, 6.07) is 8.73. The van der Waals surface area contributed by atoms with Gasteiger partial charge in [-0.25, -0.2) is 9.97 Å². The summed E-state index contributed by atoms with van der Waals surface area (Å²) in [5.41, 5.74) is 6.61. The van der Waals surface area contributed by atoms with Crippen LogP contribution in [0.5, 0.6) is 0 Å². The smallest absolute Gasteiger partial charge is 0.226 e. The van der Waals surface area contributed by atoms with E-state index < -0.39 is 0 Å². The number of para-hydroxylation sites is 1. The highest BCUT2D eigenvalue weighted by atomic mass is 15.3. The Bertz CT molecular complexity index is 536. The maximum Gasteiger partial charge on any atom is 0.226 e. The molecular formula is C14H18N4. The third-order valence-corrected chi connectivity index (χ3v) is 3.32. The lowest BCUT2D eigenvalue weighted by Crippen LogP contribution is -2.30. The van der Waals surface area contributed by atoms with Crippen molar-refractivity contribution >= 4 is 16.9 Å². The van der Waals surface area contributed by atoms with Crippen LogP contribution in [-0.2, 0) is 0 Å². The van der Waals surface area contributed by atoms with Gasteiger partial charge < -0.3 is 10.6 Å². The van der Waals surface area contributed by atoms with Crippen molar-refractivity contribution in [3.63, 3.8) is 0 Å². The number of anilines is 1. The van der Waals surface area contributed by atoms with Crippen molar-refractivity contribution in [3.8, 4) is 0 Å². The highest BCUT2D eigenvalue weighted by Gasteiger charge is 2.30. The Morgan fingerprint density at radius 1 is 1.28 bits per heavy atom. The van der Waals surface area contributed by atoms with Crippen LogP contribution in [0.3, 0.4) is 0 Å². The van der Waals surface area contributed by atoms with E-state index >= 15 is 0 Å². The van der Waals surface area contributed by atoms with Crippen molar-refractivity contribution < 1.29 is 0 Å². The molecule has 3 rings (SSSR count). The number of hydrogen-bond donors (Lipinski definition) is 1. The number of nitrogens with two attached hydrogens (primary N) is 1. The molecule has 0 spiro atoms. The van der Waals surface area contributed by atoms with E-state index in [9.17, 15) is 0 Å². The van der Waals surface area contributed by atoms with Gasteiger partial charge in [-0.15, -0.1) is 0 Å². The molecule has 0 saturated heterocycles. The van der Waals surface area contributed by atoms with E-state index in [-0.39, 0.29) is 0 Å². The lowest BCUT2D eigenvalue weighted by Gasteiger charge is -2.22. The fraction of sp³-hybridized carbons (Fsp3) is 0.429. The molecule has 2 aromatic rings. The van der Waals surface area contributed by atoms with E-state index in [0.29, 0.717) is 6.04 Å². The fourth-order valence-corrected chi connectivity index (χ4v) is 2.19. The SMILES string of the molecule is NCCCN(c1ncc2ccccc2n1)C1CC1. The number of aromatic nitrogens is 2. The maximum atomic E-state index is 5.60. The molecule has 18 heavy (non-hydrogen) atoms. The summed E-state index contributed by atoms with van der Waals surface area (Å²) in [7, 11) is 0. The fourth-order valence-electron chi connectivity index (χ4n) is 2.19. The first kappa shape index (κ1) is 11.4. The Labute approximate surface area is 107 Å². The Kier molecular flexibility index (Phi) is 3.11. The molecule has 1 aliphatic rings. The molecule has 0 amide bonds. The largest absolute Gasteiger partial charge is 0.338 e. The maximum absolute atomic E-state index is 5.60. The molecular weight excluding hydrogens is 224 g/mol. The number of fused-ring (bicyclic) bond motifs is 1. The number of nitrogens with zero attached hydrogens (tertiary/aromatic N) is 3. The summed E-state index contributed by atoms with van der Waals surface area (Å²) in [4.78, 5) is 11.5. The van der Waals surface area contributed by atoms with Crippen molar-refractivity contribution in [2.45, 2.75) is 25.3 Å². The molecule has 1 aliphatic carbocycles. The van der Waals surface area contributed by atoms with E-state index in [4.69, 9.17) is 5.73 Å². The quantitative estimate of drug-likeness (QED) is 0.870. The molecule has 4 heteroatoms. The van der Waals surface area contributed by atoms with Crippen LogP contribution in [0.1, 0.15) is 19.3 Å². The summed E-state index contributed by atoms with van der Waals surface area (Å²) < 4.78 is 0. The van der Waals surface area contributed by atoms with Crippen LogP contribution in [0.15, 0.2) is 30.5 Å². The lowest BCUT2D eigenvalue weighted by molar-refractivity contribution is 0.713. The second kappa shape index (κ2) is 4.90. The molecule has 1 aromatic heterocycles. The molecule has 1 fully saturated rings. The molecule has 2 N–H and O–H groups in total. The Morgan fingerprint density at radius 3 is 2.89 bits per heavy atom. The summed E-state index contributed by atoms with van der Waals surface area (Å²) >= 11 is 0. The van der Waals surface area contributed by atoms with Crippen molar-refractivity contribution in [3.05, 3.63) is 30.5 Å². The lowest BCUT2D eigenvalue weighted by atomic mass is 10.2. The van der Waals surface area contributed by atoms with Gasteiger partial charge in [0.25, 0.3) is 0 Å². The Morgan fingerprint density at radius 2 is 2.11 bits per heavy atom. The molecule has 0 atom stereocenters. The Balaban J connectivity index is 1.90. The van der Waals surface area contributed by atoms with Gasteiger partial charge in [-0.2, -0.15) is 0 Å². The first-order valence-electron chi connectivity index (χ1n) is 6.57. The van der Waals surface area contributed by atoms with Crippen LogP contribution >= 0.6 is 0 Å². The number of hydrogen-bond acceptors (Lipinski definition) is 4. The van der Waals surface area contributed by atoms with Gasteiger partial charge in [0.05, 0.1) is 5.52 Å². The highest BCUT2D eigenvalue weighted by molar-refractivity contribution is 5.78. The summed E-state index contributed by atoms with van der Waals surface area (Å²) in [6.45, 7) is 1.68. The summed E-state index contributed by atoms with van der Waals surface area (Å²) in [6.07, 6.45) is 5.41. The molecule has 1 aromatic carbocycles. The second-order valence-corrected chi connectivity index (χ2v) is 4.80. The van der Waals surface area contributed by atoms with Gasteiger partial charge in [-0.1, -0.05) is 18.2 Å². The second-order valence-electron chi connectivity index (χ2n) is 4.80. The number of benzene rings is 1. The predicted octanol–water partition coefficient (Wildman–Crippen LogP) is 1.95. The van der Waals surface area contributed by atoms with Crippen LogP contribution in [-0.4, -0.2) is 29.1 Å². The van der Waals surface area contributed by atoms with Crippen LogP contribution < -0.4 is 10.6 Å². The van der Waals surface area contributed by atoms with Gasteiger partial charge >= 0.3 is 0 Å². The zero-order chi connectivity index (χ0) is 12.4. The molecule has 1 heterocycles. The van der Waals surface area contributed by atoms with Crippen LogP contribution in [0, 0.1) is 0 Å². The van der Waals surface area contributed by atoms with Crippen molar-refractivity contribution in [2.24, 2.45) is 5.73 Å². The number of rotatable bonds is 5. The topological polar surface area (TPSA) is 55.0 Å². The van der Waals surface area contributed by atoms with Gasteiger partial charge in [0.2, 0.25) is 5.95 Å². The summed E-state index contributed by atoms with van der Waals surface area (Å²) in [5, 5.41) is 1.09. The molecule has 4 nitrogen and oxygen atoms in total. The average Bonchev–Trinajstić information content (AvgIpc) is 3.24. The molecule has 94 valence electrons. The van der Waals surface area contributed by atoms with Crippen LogP contribution in [0.2, 0.25) is 0 Å². The minimum atomic E-state index is 0.623. The van der Waals surface area contributed by atoms with Gasteiger partial charge in [0, 0.05) is 24.2 Å². The molecule has 0 unspecified atom stereocenters. The van der Waals surface area contributed by atoms with Crippen molar-refractivity contribution in [1.82, 2.24) is 9.97 Å². The summed E-state index contributed by atoms with van der Waals surface area (Å²) in [5.74, 6) is 0.852. The van der Waals surface area contributed by atoms with E-state index in [2.05, 4.69) is 14.9 Å². The van der Waals surface area contributed by atoms with Crippen molar-refractivity contribution in [1.29, 1.82) is 0 Å². The van der Waals surface area contributed by atoms with E-state index in [1.165, 1.54) is 12.8 Å². The van der Waals surface area contributed by atoms with Crippen molar-refractivity contribution in [2.75, 3.05) is 18.0 Å². The van der Waals surface area contributed by atoms with E-state index in [0.717, 1.165) is 36.4 Å². The first-order valence-corrected chi connectivity index (χ1v) is 6.57. The third-order valence-electron chi connectivity index (χ3n) is 3.32. The van der Waals surface area contributed by atoms with E-state index in [1.807, 2.05) is 30.5 Å². The monoisotopic (exact) mass is 242 g/mol. The molecule has 0 bridgehead atoms. The third kappa shape index (κ3) is 2.29. The standard InChI is InChI=1S/C14H18N4/c15-8-3-9-18(12-6-7-12)14-16-10-11-4-1-2-5-13(11)17-14/h1-2,4-5,10,12H,3,6-9,15H2. The normalized spacial score (nSPS) is 14.9. The predicted molar refractivity (Wildman–Crippen MR) is 73.6 cm³/mol. The van der Waals surface area contributed by atoms with E-state index in [1.54, 1.807) is 0 Å². The molecule has 0 radical (unpaired) electrons. The molecule has 0 aliphatic heterocycles. The van der Waals surface area contributed by atoms with Crippen LogP contribution in [0.25, 0.3) is 10.9 Å². The van der Waals surface area contributed by atoms with Gasteiger partial charge in [0.1, 0.15) is 0 Å². The molecule has 1 saturated carbocycles. The van der Waals surface area contributed by atoms with Gasteiger partial charge in [0.15, 0.2) is 0 Å². The minimum Gasteiger partial charge on any atom is -0.338 e. The highest BCUT2D eigenvalue weighted by Crippen LogP contribution is 2.30. The zero-order valence-electron chi connectivity index (χ0n) is 10.4. The minimum absolute atomic E-state index is 0.623. The Hall–Kier alpha value is -1.68. The first-order chi connectivity index (χ1) is 8.88. The van der Waals surface area contributed by atoms with Gasteiger partial charge in [-0.3, -0.25) is 0 Å².